The molecule has 2 heteroatoms. The van der Waals surface area contributed by atoms with Crippen LogP contribution in [0.25, 0.3) is 49.7 Å². The molecule has 0 aliphatic heterocycles. The molecule has 0 bridgehead atoms. The van der Waals surface area contributed by atoms with Crippen molar-refractivity contribution in [3.05, 3.63) is 334 Å². The van der Waals surface area contributed by atoms with Gasteiger partial charge in [-0.05, 0) is 193 Å². The molecule has 0 saturated carbocycles. The second-order valence-corrected chi connectivity index (χ2v) is 23.6. The molecule has 0 unspecified atom stereocenters. The maximum absolute atomic E-state index is 2.63. The van der Waals surface area contributed by atoms with E-state index < -0.39 is 5.41 Å². The number of allylic oxidation sites excluding steroid dienone is 5. The van der Waals surface area contributed by atoms with Crippen molar-refractivity contribution in [3.8, 4) is 33.4 Å². The van der Waals surface area contributed by atoms with E-state index >= 15 is 0 Å². The van der Waals surface area contributed by atoms with Gasteiger partial charge in [-0.25, -0.2) is 0 Å². The minimum absolute atomic E-state index is 0.394. The Hall–Kier alpha value is -9.50. The highest BCUT2D eigenvalue weighted by Crippen LogP contribution is 2.64. The fourth-order valence-electron chi connectivity index (χ4n) is 13.9. The molecule has 0 spiro atoms. The Balaban J connectivity index is 1.11. The second kappa shape index (κ2) is 21.1. The summed E-state index contributed by atoms with van der Waals surface area (Å²) in [4.78, 5) is 5.14. The van der Waals surface area contributed by atoms with E-state index in [1.54, 1.807) is 0 Å². The average Bonchev–Trinajstić information content (AvgIpc) is 1.71. The predicted molar refractivity (Wildman–Crippen MR) is 352 cm³/mol. The molecule has 3 aliphatic carbocycles. The summed E-state index contributed by atoms with van der Waals surface area (Å²) in [7, 11) is 0. The number of anilines is 5. The molecule has 0 atom stereocenters. The van der Waals surface area contributed by atoms with Crippen LogP contribution in [0.2, 0.25) is 0 Å². The van der Waals surface area contributed by atoms with Crippen LogP contribution < -0.4 is 9.80 Å². The van der Waals surface area contributed by atoms with E-state index in [0.717, 1.165) is 41.3 Å². The summed E-state index contributed by atoms with van der Waals surface area (Å²) in [5, 5.41) is 2.45. The van der Waals surface area contributed by atoms with E-state index in [1.165, 1.54) is 117 Å². The van der Waals surface area contributed by atoms with Crippen molar-refractivity contribution in [1.82, 2.24) is 0 Å². The van der Waals surface area contributed by atoms with Crippen molar-refractivity contribution < 1.29 is 0 Å². The number of aryl methyl sites for hydroxylation is 1. The minimum Gasteiger partial charge on any atom is -0.310 e. The van der Waals surface area contributed by atoms with Crippen LogP contribution in [0.3, 0.4) is 0 Å². The van der Waals surface area contributed by atoms with Gasteiger partial charge < -0.3 is 9.80 Å². The SMILES string of the molecule is CC1=C(c2ccccc2)CC=C(N(c2ccc(C(C)C)cc2)c2cc3c(c4ccccc24)-c2c(cc(N(c4ccc(C(C)C)cc4)c4ccc(C)c(-c5ccccc5)c4)c4c2Cc2ccccc2-4)C3(c2ccccc2)c2ccccc2)C=C1. The average molecular weight is 1070 g/mol. The molecular formula is C81H68N2. The summed E-state index contributed by atoms with van der Waals surface area (Å²) >= 11 is 0. The zero-order chi connectivity index (χ0) is 56.3. The third-order valence-electron chi connectivity index (χ3n) is 18.1. The first-order valence-electron chi connectivity index (χ1n) is 29.7. The van der Waals surface area contributed by atoms with E-state index in [-0.39, 0.29) is 0 Å². The number of fused-ring (bicyclic) bond motifs is 9. The van der Waals surface area contributed by atoms with Crippen LogP contribution in [0.15, 0.2) is 278 Å². The molecule has 0 radical (unpaired) electrons. The topological polar surface area (TPSA) is 6.48 Å². The Bertz CT molecular complexity index is 4310. The fourth-order valence-corrected chi connectivity index (χ4v) is 13.9. The predicted octanol–water partition coefficient (Wildman–Crippen LogP) is 21.9. The molecule has 2 nitrogen and oxygen atoms in total. The van der Waals surface area contributed by atoms with Gasteiger partial charge in [-0.1, -0.05) is 240 Å². The molecule has 0 heterocycles. The lowest BCUT2D eigenvalue weighted by atomic mass is 9.67. The molecule has 0 N–H and O–H groups in total. The molecule has 0 saturated heterocycles. The third-order valence-corrected chi connectivity index (χ3v) is 18.1. The highest BCUT2D eigenvalue weighted by Gasteiger charge is 2.50. The number of hydrogen-bond donors (Lipinski definition) is 0. The molecule has 11 aromatic carbocycles. The Morgan fingerprint density at radius 3 is 1.55 bits per heavy atom. The maximum atomic E-state index is 2.63. The molecule has 0 aromatic heterocycles. The van der Waals surface area contributed by atoms with Gasteiger partial charge in [0.15, 0.2) is 0 Å². The van der Waals surface area contributed by atoms with Crippen molar-refractivity contribution in [2.75, 3.05) is 9.80 Å². The lowest BCUT2D eigenvalue weighted by molar-refractivity contribution is 0.768. The van der Waals surface area contributed by atoms with E-state index in [1.807, 2.05) is 0 Å². The summed E-state index contributed by atoms with van der Waals surface area (Å²) in [5.41, 5.74) is 29.3. The fraction of sp³-hybridized carbons (Fsp3) is 0.136. The number of hydrogen-bond acceptors (Lipinski definition) is 2. The summed E-state index contributed by atoms with van der Waals surface area (Å²) in [5.74, 6) is 0.794. The minimum atomic E-state index is -0.764. The van der Waals surface area contributed by atoms with E-state index in [9.17, 15) is 0 Å². The van der Waals surface area contributed by atoms with Gasteiger partial charge in [0, 0.05) is 33.7 Å². The summed E-state index contributed by atoms with van der Waals surface area (Å²) in [6, 6.07) is 94.2. The van der Waals surface area contributed by atoms with Gasteiger partial charge in [0.05, 0.1) is 16.8 Å². The zero-order valence-corrected chi connectivity index (χ0v) is 48.4. The molecular weight excluding hydrogens is 1000 g/mol. The van der Waals surface area contributed by atoms with Crippen molar-refractivity contribution in [1.29, 1.82) is 0 Å². The normalized spacial score (nSPS) is 13.9. The molecule has 83 heavy (non-hydrogen) atoms. The Morgan fingerprint density at radius 2 is 0.928 bits per heavy atom. The third kappa shape index (κ3) is 8.70. The molecule has 14 rings (SSSR count). The number of rotatable bonds is 12. The first kappa shape index (κ1) is 51.6. The first-order valence-corrected chi connectivity index (χ1v) is 29.7. The molecule has 3 aliphatic rings. The Labute approximate surface area is 490 Å². The van der Waals surface area contributed by atoms with Gasteiger partial charge in [-0.2, -0.15) is 0 Å². The van der Waals surface area contributed by atoms with E-state index in [0.29, 0.717) is 11.8 Å². The lowest BCUT2D eigenvalue weighted by Crippen LogP contribution is -2.29. The highest BCUT2D eigenvalue weighted by atomic mass is 15.2. The highest BCUT2D eigenvalue weighted by molar-refractivity contribution is 6.13. The van der Waals surface area contributed by atoms with Crippen molar-refractivity contribution in [2.24, 2.45) is 0 Å². The van der Waals surface area contributed by atoms with Crippen LogP contribution in [-0.4, -0.2) is 0 Å². The van der Waals surface area contributed by atoms with Crippen LogP contribution in [0.1, 0.15) is 109 Å². The monoisotopic (exact) mass is 1070 g/mol. The molecule has 0 fully saturated rings. The summed E-state index contributed by atoms with van der Waals surface area (Å²) in [6.45, 7) is 13.6. The van der Waals surface area contributed by atoms with Crippen molar-refractivity contribution in [2.45, 2.75) is 71.6 Å². The standard InChI is InChI=1S/C81H68N2/c1-53(2)57-37-43-65(44-38-57)82(64-41-35-55(5)68(48-47-64)59-23-11-7-12-24-59)76-51-74-79(71-34-22-21-33-70(71)76)80-73-49-61-27-19-20-32-69(61)78(73)77(52-75(80)81(74,62-28-15-9-16-29-62)63-30-17-10-18-31-63)83(66-45-39-58(40-46-66)54(3)4)67-42-36-56(6)72(50-67)60-25-13-8-14-26-60/h7-47,50-54H,48-49H2,1-6H3. The van der Waals surface area contributed by atoms with Crippen LogP contribution >= 0.6 is 0 Å². The Kier molecular flexibility index (Phi) is 13.1. The van der Waals surface area contributed by atoms with Crippen LogP contribution in [0.4, 0.5) is 28.4 Å². The largest absolute Gasteiger partial charge is 0.310 e. The van der Waals surface area contributed by atoms with Crippen LogP contribution in [0, 0.1) is 6.92 Å². The van der Waals surface area contributed by atoms with Gasteiger partial charge in [-0.3, -0.25) is 0 Å². The van der Waals surface area contributed by atoms with Gasteiger partial charge in [-0.15, -0.1) is 0 Å². The van der Waals surface area contributed by atoms with Crippen molar-refractivity contribution in [3.63, 3.8) is 0 Å². The van der Waals surface area contributed by atoms with Gasteiger partial charge in [0.1, 0.15) is 0 Å². The lowest BCUT2D eigenvalue weighted by Gasteiger charge is -2.37. The van der Waals surface area contributed by atoms with Crippen LogP contribution in [0.5, 0.6) is 0 Å². The van der Waals surface area contributed by atoms with E-state index in [2.05, 4.69) is 318 Å². The second-order valence-electron chi connectivity index (χ2n) is 23.6. The smallest absolute Gasteiger partial charge is 0.0715 e. The number of benzene rings is 11. The van der Waals surface area contributed by atoms with Gasteiger partial charge in [0.25, 0.3) is 0 Å². The maximum Gasteiger partial charge on any atom is 0.0715 e. The summed E-state index contributed by atoms with van der Waals surface area (Å²) < 4.78 is 0. The van der Waals surface area contributed by atoms with E-state index in [4.69, 9.17) is 0 Å². The van der Waals surface area contributed by atoms with Crippen LogP contribution in [-0.2, 0) is 11.8 Å². The number of nitrogens with zero attached hydrogens (tertiary/aromatic N) is 2. The molecule has 11 aromatic rings. The quantitative estimate of drug-likeness (QED) is 0.120. The molecule has 0 amide bonds. The zero-order valence-electron chi connectivity index (χ0n) is 48.4. The Morgan fingerprint density at radius 1 is 0.410 bits per heavy atom. The van der Waals surface area contributed by atoms with Gasteiger partial charge >= 0.3 is 0 Å². The summed E-state index contributed by atoms with van der Waals surface area (Å²) in [6.07, 6.45) is 8.75. The molecule has 402 valence electrons. The van der Waals surface area contributed by atoms with Crippen molar-refractivity contribution >= 4 is 44.8 Å². The van der Waals surface area contributed by atoms with Gasteiger partial charge in [0.2, 0.25) is 0 Å². The first-order chi connectivity index (χ1) is 40.7.